The molecular weight excluding hydrogens is 394 g/mol. The van der Waals surface area contributed by atoms with Crippen LogP contribution in [0.2, 0.25) is 0 Å². The zero-order valence-corrected chi connectivity index (χ0v) is 17.5. The number of hydrogen-bond donors (Lipinski definition) is 2. The largest absolute Gasteiger partial charge is 0.497 e. The first-order valence-electron chi connectivity index (χ1n) is 10.4. The van der Waals surface area contributed by atoms with Crippen molar-refractivity contribution in [1.82, 2.24) is 25.0 Å². The first kappa shape index (κ1) is 21.0. The summed E-state index contributed by atoms with van der Waals surface area (Å²) in [6.45, 7) is 2.70. The summed E-state index contributed by atoms with van der Waals surface area (Å²) in [5.74, 6) is 0.217. The van der Waals surface area contributed by atoms with E-state index in [2.05, 4.69) is 20.3 Å². The number of ether oxygens (including phenoxy) is 1. The van der Waals surface area contributed by atoms with Gasteiger partial charge in [0.15, 0.2) is 0 Å². The highest BCUT2D eigenvalue weighted by molar-refractivity contribution is 5.93. The molecule has 2 aromatic heterocycles. The summed E-state index contributed by atoms with van der Waals surface area (Å²) in [6, 6.07) is 14.8. The third-order valence-corrected chi connectivity index (χ3v) is 5.85. The summed E-state index contributed by atoms with van der Waals surface area (Å²) in [5.41, 5.74) is 0.235. The summed E-state index contributed by atoms with van der Waals surface area (Å²) in [7, 11) is 1.55. The monoisotopic (exact) mass is 421 g/mol. The maximum atomic E-state index is 13.1. The Kier molecular flexibility index (Phi) is 6.29. The fraction of sp³-hybridized carbons (Fsp3) is 0.348. The number of carbonyl (C=O) groups excluding carboxylic acids is 1. The Balaban J connectivity index is 1.54. The number of aromatic nitrogens is 3. The lowest BCUT2D eigenvalue weighted by atomic mass is 9.78. The Labute approximate surface area is 181 Å². The third-order valence-electron chi connectivity index (χ3n) is 5.85. The van der Waals surface area contributed by atoms with E-state index in [1.807, 2.05) is 47.3 Å². The fourth-order valence-corrected chi connectivity index (χ4v) is 4.09. The van der Waals surface area contributed by atoms with Gasteiger partial charge in [0.25, 0.3) is 5.91 Å². The van der Waals surface area contributed by atoms with Crippen LogP contribution in [0.5, 0.6) is 5.75 Å². The summed E-state index contributed by atoms with van der Waals surface area (Å²) in [4.78, 5) is 19.5. The van der Waals surface area contributed by atoms with Gasteiger partial charge < -0.3 is 15.2 Å². The van der Waals surface area contributed by atoms with Gasteiger partial charge in [0.1, 0.15) is 11.4 Å². The number of nitrogens with one attached hydrogen (secondary N) is 1. The minimum Gasteiger partial charge on any atom is -0.497 e. The molecule has 4 rings (SSSR count). The smallest absolute Gasteiger partial charge is 0.270 e. The van der Waals surface area contributed by atoms with E-state index in [-0.39, 0.29) is 11.6 Å². The van der Waals surface area contributed by atoms with E-state index in [4.69, 9.17) is 4.74 Å². The molecule has 8 nitrogen and oxygen atoms in total. The van der Waals surface area contributed by atoms with Crippen molar-refractivity contribution in [1.29, 1.82) is 0 Å². The van der Waals surface area contributed by atoms with Crippen molar-refractivity contribution in [2.24, 2.45) is 0 Å². The van der Waals surface area contributed by atoms with E-state index in [0.29, 0.717) is 18.7 Å². The molecule has 0 radical (unpaired) electrons. The van der Waals surface area contributed by atoms with E-state index >= 15 is 0 Å². The van der Waals surface area contributed by atoms with Crippen LogP contribution in [0.15, 0.2) is 67.1 Å². The van der Waals surface area contributed by atoms with Gasteiger partial charge in [-0.2, -0.15) is 5.10 Å². The highest BCUT2D eigenvalue weighted by atomic mass is 16.5. The zero-order chi connectivity index (χ0) is 21.7. The molecular formula is C23H27N5O3. The molecule has 162 valence electrons. The molecule has 1 aliphatic heterocycles. The number of rotatable bonds is 7. The number of aliphatic hydroxyl groups excluding tert-OH is 1. The molecule has 1 fully saturated rings. The van der Waals surface area contributed by atoms with E-state index in [1.54, 1.807) is 25.4 Å². The predicted octanol–water partition coefficient (Wildman–Crippen LogP) is 1.68. The van der Waals surface area contributed by atoms with Crippen molar-refractivity contribution in [2.75, 3.05) is 26.7 Å². The molecule has 1 saturated heterocycles. The maximum Gasteiger partial charge on any atom is 0.270 e. The predicted molar refractivity (Wildman–Crippen MR) is 116 cm³/mol. The highest BCUT2D eigenvalue weighted by Crippen LogP contribution is 2.34. The average molecular weight is 422 g/mol. The molecule has 0 aliphatic carbocycles. The fourth-order valence-electron chi connectivity index (χ4n) is 4.09. The molecule has 0 unspecified atom stereocenters. The lowest BCUT2D eigenvalue weighted by Crippen LogP contribution is -2.62. The SMILES string of the molecule is COc1ccnc(C(=O)N[C@]2(c3ccccc3)CCN(CCn3cccn3)C[C@H]2O)c1. The van der Waals surface area contributed by atoms with Crippen LogP contribution >= 0.6 is 0 Å². The number of pyridine rings is 1. The minimum atomic E-state index is -0.898. The number of carbonyl (C=O) groups is 1. The number of likely N-dealkylation sites (tertiary alicyclic amines) is 1. The van der Waals surface area contributed by atoms with Gasteiger partial charge in [-0.25, -0.2) is 0 Å². The van der Waals surface area contributed by atoms with Crippen LogP contribution in [0.1, 0.15) is 22.5 Å². The van der Waals surface area contributed by atoms with Crippen molar-refractivity contribution >= 4 is 5.91 Å². The van der Waals surface area contributed by atoms with Crippen LogP contribution in [0.25, 0.3) is 0 Å². The number of hydrogen-bond acceptors (Lipinski definition) is 6. The third kappa shape index (κ3) is 4.60. The lowest BCUT2D eigenvalue weighted by Gasteiger charge is -2.46. The average Bonchev–Trinajstić information content (AvgIpc) is 3.33. The summed E-state index contributed by atoms with van der Waals surface area (Å²) >= 11 is 0. The first-order valence-corrected chi connectivity index (χ1v) is 10.4. The molecule has 8 heteroatoms. The zero-order valence-electron chi connectivity index (χ0n) is 17.5. The molecule has 2 atom stereocenters. The molecule has 0 saturated carbocycles. The Morgan fingerprint density at radius 1 is 1.23 bits per heavy atom. The van der Waals surface area contributed by atoms with Gasteiger partial charge in [-0.1, -0.05) is 30.3 Å². The molecule has 1 aromatic carbocycles. The number of nitrogens with zero attached hydrogens (tertiary/aromatic N) is 4. The number of β-amino-alcohol motifs (C(OH)–C–C–N with tert-alkyl or cyclic N) is 1. The van der Waals surface area contributed by atoms with Crippen molar-refractivity contribution < 1.29 is 14.6 Å². The van der Waals surface area contributed by atoms with Crippen LogP contribution in [-0.2, 0) is 12.1 Å². The van der Waals surface area contributed by atoms with Crippen LogP contribution in [0, 0.1) is 0 Å². The van der Waals surface area contributed by atoms with Crippen LogP contribution in [-0.4, -0.2) is 63.5 Å². The van der Waals surface area contributed by atoms with E-state index in [1.165, 1.54) is 6.20 Å². The number of methoxy groups -OCH3 is 1. The minimum absolute atomic E-state index is 0.253. The second-order valence-corrected chi connectivity index (χ2v) is 7.71. The lowest BCUT2D eigenvalue weighted by molar-refractivity contribution is -0.0166. The maximum absolute atomic E-state index is 13.1. The Hall–Kier alpha value is -3.23. The summed E-state index contributed by atoms with van der Waals surface area (Å²) < 4.78 is 7.09. The molecule has 1 aliphatic rings. The van der Waals surface area contributed by atoms with Gasteiger partial charge in [0.05, 0.1) is 25.3 Å². The number of benzene rings is 1. The van der Waals surface area contributed by atoms with Crippen LogP contribution < -0.4 is 10.1 Å². The number of aliphatic hydroxyl groups is 1. The topological polar surface area (TPSA) is 92.5 Å². The standard InChI is InChI=1S/C23H27N5O3/c1-31-19-8-11-24-20(16-19)22(30)26-23(18-6-3-2-4-7-18)9-13-27(17-21(23)29)14-15-28-12-5-10-25-28/h2-8,10-12,16,21,29H,9,13-15,17H2,1H3,(H,26,30)/t21-,23+/m1/s1. The Morgan fingerprint density at radius 3 is 2.77 bits per heavy atom. The Bertz CT molecular complexity index is 995. The van der Waals surface area contributed by atoms with E-state index in [9.17, 15) is 9.90 Å². The van der Waals surface area contributed by atoms with Crippen LogP contribution in [0.3, 0.4) is 0 Å². The van der Waals surface area contributed by atoms with Gasteiger partial charge in [-0.3, -0.25) is 19.4 Å². The van der Waals surface area contributed by atoms with Crippen LogP contribution in [0.4, 0.5) is 0 Å². The van der Waals surface area contributed by atoms with Crippen molar-refractivity contribution in [3.05, 3.63) is 78.4 Å². The molecule has 31 heavy (non-hydrogen) atoms. The second kappa shape index (κ2) is 9.28. The quantitative estimate of drug-likeness (QED) is 0.603. The van der Waals surface area contributed by atoms with Crippen molar-refractivity contribution in [3.63, 3.8) is 0 Å². The van der Waals surface area contributed by atoms with Crippen molar-refractivity contribution in [2.45, 2.75) is 24.6 Å². The number of piperidine rings is 1. The first-order chi connectivity index (χ1) is 15.1. The Morgan fingerprint density at radius 2 is 2.06 bits per heavy atom. The molecule has 0 bridgehead atoms. The van der Waals surface area contributed by atoms with Gasteiger partial charge in [0, 0.05) is 44.3 Å². The van der Waals surface area contributed by atoms with E-state index in [0.717, 1.165) is 25.2 Å². The molecule has 1 amide bonds. The van der Waals surface area contributed by atoms with Crippen molar-refractivity contribution in [3.8, 4) is 5.75 Å². The highest BCUT2D eigenvalue weighted by Gasteiger charge is 2.45. The normalized spacial score (nSPS) is 21.5. The summed E-state index contributed by atoms with van der Waals surface area (Å²) in [6.07, 6.45) is 5.02. The number of amides is 1. The van der Waals surface area contributed by atoms with Gasteiger partial charge in [-0.05, 0) is 24.1 Å². The summed E-state index contributed by atoms with van der Waals surface area (Å²) in [5, 5.41) is 18.6. The molecule has 3 heterocycles. The van der Waals surface area contributed by atoms with Gasteiger partial charge >= 0.3 is 0 Å². The molecule has 2 N–H and O–H groups in total. The van der Waals surface area contributed by atoms with Gasteiger partial charge in [-0.15, -0.1) is 0 Å². The molecule has 0 spiro atoms. The second-order valence-electron chi connectivity index (χ2n) is 7.71. The molecule has 3 aromatic rings. The van der Waals surface area contributed by atoms with E-state index < -0.39 is 11.6 Å². The van der Waals surface area contributed by atoms with Gasteiger partial charge in [0.2, 0.25) is 0 Å².